The zero-order valence-corrected chi connectivity index (χ0v) is 15.8. The van der Waals surface area contributed by atoms with E-state index in [1.807, 2.05) is 0 Å². The van der Waals surface area contributed by atoms with E-state index in [0.717, 1.165) is 13.0 Å². The largest absolute Gasteiger partial charge is 0.379 e. The van der Waals surface area contributed by atoms with Gasteiger partial charge < -0.3 is 14.8 Å². The van der Waals surface area contributed by atoms with Crippen molar-refractivity contribution in [1.82, 2.24) is 5.32 Å². The molecular formula is C16H32BrNO3. The van der Waals surface area contributed by atoms with Gasteiger partial charge >= 0.3 is 0 Å². The van der Waals surface area contributed by atoms with Crippen molar-refractivity contribution < 1.29 is 14.3 Å². The minimum absolute atomic E-state index is 0.0177. The van der Waals surface area contributed by atoms with Gasteiger partial charge in [0.25, 0.3) is 0 Å². The molecule has 0 saturated heterocycles. The first kappa shape index (κ1) is 20.9. The molecule has 0 heterocycles. The van der Waals surface area contributed by atoms with E-state index in [-0.39, 0.29) is 5.91 Å². The zero-order chi connectivity index (χ0) is 16.4. The lowest BCUT2D eigenvalue weighted by Crippen LogP contribution is -2.28. The van der Waals surface area contributed by atoms with Crippen LogP contribution in [-0.4, -0.2) is 44.2 Å². The molecule has 0 aromatic heterocycles. The van der Waals surface area contributed by atoms with E-state index in [2.05, 4.69) is 55.9 Å². The molecule has 0 atom stereocenters. The van der Waals surface area contributed by atoms with E-state index in [4.69, 9.17) is 9.47 Å². The fourth-order valence-electron chi connectivity index (χ4n) is 2.50. The Kier molecular flexibility index (Phi) is 10.5. The highest BCUT2D eigenvalue weighted by atomic mass is 79.9. The Morgan fingerprint density at radius 2 is 1.57 bits per heavy atom. The minimum Gasteiger partial charge on any atom is -0.379 e. The quantitative estimate of drug-likeness (QED) is 0.450. The maximum Gasteiger partial charge on any atom is 0.230 e. The van der Waals surface area contributed by atoms with Crippen LogP contribution in [0, 0.1) is 10.8 Å². The van der Waals surface area contributed by atoms with E-state index in [0.29, 0.717) is 42.5 Å². The predicted octanol–water partition coefficient (Wildman–Crippen LogP) is 3.38. The molecule has 4 nitrogen and oxygen atoms in total. The van der Waals surface area contributed by atoms with Gasteiger partial charge in [-0.25, -0.2) is 0 Å². The number of carbonyl (C=O) groups is 1. The van der Waals surface area contributed by atoms with Gasteiger partial charge in [-0.1, -0.05) is 50.5 Å². The molecule has 0 unspecified atom stereocenters. The van der Waals surface area contributed by atoms with Crippen LogP contribution in [-0.2, 0) is 14.3 Å². The summed E-state index contributed by atoms with van der Waals surface area (Å²) in [6.45, 7) is 14.4. The first-order valence-electron chi connectivity index (χ1n) is 7.64. The number of hydrogen-bond acceptors (Lipinski definition) is 3. The van der Waals surface area contributed by atoms with Crippen molar-refractivity contribution in [1.29, 1.82) is 0 Å². The summed E-state index contributed by atoms with van der Waals surface area (Å²) in [6, 6.07) is 0. The Bertz CT molecular complexity index is 288. The number of alkyl halides is 1. The molecule has 0 aliphatic rings. The molecule has 0 rings (SSSR count). The summed E-state index contributed by atoms with van der Waals surface area (Å²) < 4.78 is 11.0. The third kappa shape index (κ3) is 14.6. The third-order valence-electron chi connectivity index (χ3n) is 2.99. The van der Waals surface area contributed by atoms with Crippen LogP contribution in [0.4, 0.5) is 0 Å². The second-order valence-corrected chi connectivity index (χ2v) is 7.92. The first-order chi connectivity index (χ1) is 9.66. The van der Waals surface area contributed by atoms with Crippen molar-refractivity contribution >= 4 is 21.8 Å². The lowest BCUT2D eigenvalue weighted by molar-refractivity contribution is -0.118. The Hall–Kier alpha value is -0.130. The normalized spacial score (nSPS) is 12.5. The number of carbonyl (C=O) groups excluding carboxylic acids is 1. The number of hydrogen-bond donors (Lipinski definition) is 1. The highest BCUT2D eigenvalue weighted by Crippen LogP contribution is 2.35. The number of nitrogens with one attached hydrogen (secondary N) is 1. The van der Waals surface area contributed by atoms with Crippen LogP contribution >= 0.6 is 15.9 Å². The van der Waals surface area contributed by atoms with Gasteiger partial charge in [0.1, 0.15) is 0 Å². The summed E-state index contributed by atoms with van der Waals surface area (Å²) in [5, 5.41) is 3.06. The molecule has 0 radical (unpaired) electrons. The lowest BCUT2D eigenvalue weighted by Gasteiger charge is -2.32. The van der Waals surface area contributed by atoms with E-state index in [9.17, 15) is 4.79 Å². The molecule has 126 valence electrons. The van der Waals surface area contributed by atoms with Crippen molar-refractivity contribution in [3.05, 3.63) is 0 Å². The van der Waals surface area contributed by atoms with Crippen LogP contribution in [0.3, 0.4) is 0 Å². The topological polar surface area (TPSA) is 47.6 Å². The molecule has 0 aliphatic heterocycles. The predicted molar refractivity (Wildman–Crippen MR) is 90.9 cm³/mol. The highest BCUT2D eigenvalue weighted by Gasteiger charge is 2.24. The molecule has 0 aromatic rings. The summed E-state index contributed by atoms with van der Waals surface area (Å²) in [7, 11) is 0. The maximum absolute atomic E-state index is 10.9. The van der Waals surface area contributed by atoms with Crippen LogP contribution in [0.25, 0.3) is 0 Å². The molecule has 0 aromatic carbocycles. The molecule has 1 amide bonds. The summed E-state index contributed by atoms with van der Waals surface area (Å²) in [4.78, 5) is 10.9. The summed E-state index contributed by atoms with van der Waals surface area (Å²) >= 11 is 3.09. The Balaban J connectivity index is 3.46. The van der Waals surface area contributed by atoms with E-state index < -0.39 is 0 Å². The fourth-order valence-corrected chi connectivity index (χ4v) is 2.70. The Labute approximate surface area is 138 Å². The van der Waals surface area contributed by atoms with E-state index >= 15 is 0 Å². The third-order valence-corrected chi connectivity index (χ3v) is 3.50. The number of rotatable bonds is 11. The molecule has 1 N–H and O–H groups in total. The van der Waals surface area contributed by atoms with Gasteiger partial charge in [0.05, 0.1) is 25.2 Å². The van der Waals surface area contributed by atoms with Crippen molar-refractivity contribution in [2.75, 3.05) is 38.3 Å². The van der Waals surface area contributed by atoms with Crippen LogP contribution < -0.4 is 5.32 Å². The molecular weight excluding hydrogens is 334 g/mol. The number of ether oxygens (including phenoxy) is 2. The summed E-state index contributed by atoms with van der Waals surface area (Å²) in [5.74, 6) is -0.0177. The van der Waals surface area contributed by atoms with Gasteiger partial charge in [0, 0.05) is 13.2 Å². The van der Waals surface area contributed by atoms with Crippen LogP contribution in [0.5, 0.6) is 0 Å². The molecule has 0 aliphatic carbocycles. The van der Waals surface area contributed by atoms with Crippen molar-refractivity contribution in [2.45, 2.75) is 47.5 Å². The van der Waals surface area contributed by atoms with Gasteiger partial charge in [0.2, 0.25) is 5.91 Å². The van der Waals surface area contributed by atoms with E-state index in [1.165, 1.54) is 6.42 Å². The molecule has 0 saturated carbocycles. The van der Waals surface area contributed by atoms with Gasteiger partial charge in [-0.05, 0) is 23.7 Å². The lowest BCUT2D eigenvalue weighted by atomic mass is 9.75. The van der Waals surface area contributed by atoms with Gasteiger partial charge in [-0.2, -0.15) is 0 Å². The fraction of sp³-hybridized carbons (Fsp3) is 0.938. The highest BCUT2D eigenvalue weighted by molar-refractivity contribution is 9.09. The summed E-state index contributed by atoms with van der Waals surface area (Å²) in [5.41, 5.74) is 0.658. The molecule has 0 bridgehead atoms. The molecule has 5 heteroatoms. The van der Waals surface area contributed by atoms with Crippen LogP contribution in [0.2, 0.25) is 0 Å². The molecule has 0 fully saturated rings. The second kappa shape index (κ2) is 10.6. The molecule has 0 spiro atoms. The zero-order valence-electron chi connectivity index (χ0n) is 14.3. The Morgan fingerprint density at radius 1 is 1.00 bits per heavy atom. The smallest absolute Gasteiger partial charge is 0.230 e. The van der Waals surface area contributed by atoms with Crippen LogP contribution in [0.1, 0.15) is 47.5 Å². The van der Waals surface area contributed by atoms with Gasteiger partial charge in [-0.3, -0.25) is 4.79 Å². The number of halogens is 1. The Morgan fingerprint density at radius 3 is 2.10 bits per heavy atom. The monoisotopic (exact) mass is 365 g/mol. The SMILES string of the molecule is CC(C)(C)CC(C)(C)CCOCCOCCNC(=O)CBr. The standard InChI is InChI=1S/C16H32BrNO3/c1-15(2,3)13-16(4,5)6-8-20-10-11-21-9-7-18-14(19)12-17/h6-13H2,1-5H3,(H,18,19). The summed E-state index contributed by atoms with van der Waals surface area (Å²) in [6.07, 6.45) is 2.25. The second-order valence-electron chi connectivity index (χ2n) is 7.36. The first-order valence-corrected chi connectivity index (χ1v) is 8.77. The van der Waals surface area contributed by atoms with Crippen molar-refractivity contribution in [3.8, 4) is 0 Å². The minimum atomic E-state index is -0.0177. The average molecular weight is 366 g/mol. The van der Waals surface area contributed by atoms with Crippen LogP contribution in [0.15, 0.2) is 0 Å². The molecule has 21 heavy (non-hydrogen) atoms. The maximum atomic E-state index is 10.9. The van der Waals surface area contributed by atoms with Gasteiger partial charge in [0.15, 0.2) is 0 Å². The number of amides is 1. The van der Waals surface area contributed by atoms with Crippen molar-refractivity contribution in [3.63, 3.8) is 0 Å². The van der Waals surface area contributed by atoms with Gasteiger partial charge in [-0.15, -0.1) is 0 Å². The average Bonchev–Trinajstić information content (AvgIpc) is 2.33. The van der Waals surface area contributed by atoms with E-state index in [1.54, 1.807) is 0 Å². The van der Waals surface area contributed by atoms with Crippen molar-refractivity contribution in [2.24, 2.45) is 10.8 Å².